The molecule has 29 heavy (non-hydrogen) atoms. The number of nitrogens with one attached hydrogen (secondary N) is 1. The maximum atomic E-state index is 14.3. The Kier molecular flexibility index (Phi) is 5.96. The highest BCUT2D eigenvalue weighted by Gasteiger charge is 2.21. The third-order valence-electron chi connectivity index (χ3n) is 4.18. The first-order chi connectivity index (χ1) is 13.9. The van der Waals surface area contributed by atoms with E-state index in [0.29, 0.717) is 15.7 Å². The average Bonchev–Trinajstić information content (AvgIpc) is 2.71. The highest BCUT2D eigenvalue weighted by atomic mass is 19.1. The lowest BCUT2D eigenvalue weighted by Crippen LogP contribution is -2.46. The lowest BCUT2D eigenvalue weighted by Gasteiger charge is -2.13. The predicted octanol–water partition coefficient (Wildman–Crippen LogP) is 1.86. The molecule has 2 aromatic carbocycles. The van der Waals surface area contributed by atoms with Crippen LogP contribution in [0.3, 0.4) is 0 Å². The van der Waals surface area contributed by atoms with Crippen molar-refractivity contribution >= 4 is 5.91 Å². The maximum Gasteiger partial charge on any atom is 0.352 e. The molecule has 0 unspecified atom stereocenters. The molecule has 0 aliphatic carbocycles. The van der Waals surface area contributed by atoms with Crippen molar-refractivity contribution in [3.8, 4) is 5.69 Å². The van der Waals surface area contributed by atoms with E-state index in [2.05, 4.69) is 10.4 Å². The normalized spacial score (nSPS) is 10.7. The third-order valence-corrected chi connectivity index (χ3v) is 4.18. The number of halogens is 2. The van der Waals surface area contributed by atoms with Crippen LogP contribution in [0.2, 0.25) is 0 Å². The van der Waals surface area contributed by atoms with Crippen molar-refractivity contribution in [2.75, 3.05) is 6.54 Å². The van der Waals surface area contributed by atoms with Crippen LogP contribution in [-0.4, -0.2) is 26.8 Å². The summed E-state index contributed by atoms with van der Waals surface area (Å²) in [5.74, 6) is -2.19. The second-order valence-electron chi connectivity index (χ2n) is 6.23. The first-order valence-electron chi connectivity index (χ1n) is 8.94. The van der Waals surface area contributed by atoms with E-state index in [0.717, 1.165) is 6.07 Å². The Morgan fingerprint density at radius 3 is 2.34 bits per heavy atom. The summed E-state index contributed by atoms with van der Waals surface area (Å²) in [5, 5.41) is 6.31. The maximum absolute atomic E-state index is 14.3. The number of amides is 1. The van der Waals surface area contributed by atoms with Crippen molar-refractivity contribution in [3.05, 3.63) is 92.3 Å². The zero-order valence-electron chi connectivity index (χ0n) is 15.6. The topological polar surface area (TPSA) is 86.0 Å². The van der Waals surface area contributed by atoms with Gasteiger partial charge in [-0.1, -0.05) is 37.3 Å². The fraction of sp³-hybridized carbons (Fsp3) is 0.200. The van der Waals surface area contributed by atoms with Gasteiger partial charge in [0.1, 0.15) is 17.3 Å². The van der Waals surface area contributed by atoms with Crippen molar-refractivity contribution in [1.29, 1.82) is 0 Å². The summed E-state index contributed by atoms with van der Waals surface area (Å²) in [6.45, 7) is 1.67. The van der Waals surface area contributed by atoms with Gasteiger partial charge in [-0.25, -0.2) is 13.6 Å². The van der Waals surface area contributed by atoms with Gasteiger partial charge < -0.3 is 5.32 Å². The zero-order chi connectivity index (χ0) is 21.0. The number of hydrogen-bond donors (Lipinski definition) is 1. The van der Waals surface area contributed by atoms with Crippen LogP contribution in [0.5, 0.6) is 0 Å². The highest BCUT2D eigenvalue weighted by molar-refractivity contribution is 5.91. The summed E-state index contributed by atoms with van der Waals surface area (Å²) >= 11 is 0. The number of rotatable bonds is 6. The van der Waals surface area contributed by atoms with E-state index in [1.165, 1.54) is 36.4 Å². The Balaban J connectivity index is 2.23. The molecule has 0 saturated carbocycles. The van der Waals surface area contributed by atoms with Gasteiger partial charge in [-0.15, -0.1) is 0 Å². The summed E-state index contributed by atoms with van der Waals surface area (Å²) in [6.07, 6.45) is 0.613. The van der Waals surface area contributed by atoms with E-state index in [9.17, 15) is 23.2 Å². The van der Waals surface area contributed by atoms with E-state index >= 15 is 0 Å². The molecule has 0 atom stereocenters. The fourth-order valence-corrected chi connectivity index (χ4v) is 2.70. The van der Waals surface area contributed by atoms with Crippen LogP contribution < -0.4 is 16.6 Å². The predicted molar refractivity (Wildman–Crippen MR) is 102 cm³/mol. The van der Waals surface area contributed by atoms with Crippen molar-refractivity contribution < 1.29 is 13.6 Å². The molecule has 1 N–H and O–H groups in total. The monoisotopic (exact) mass is 400 g/mol. The number of aromatic nitrogens is 3. The molecule has 3 rings (SSSR count). The van der Waals surface area contributed by atoms with Crippen molar-refractivity contribution in [1.82, 2.24) is 19.7 Å². The SMILES string of the molecule is CCCNC(=O)c1nn(-c2ccccc2F)c(=O)n(Cc2ccccc2F)c1=O. The van der Waals surface area contributed by atoms with Crippen LogP contribution in [0.1, 0.15) is 29.4 Å². The number of carbonyl (C=O) groups is 1. The molecule has 0 bridgehead atoms. The Morgan fingerprint density at radius 1 is 1.03 bits per heavy atom. The Labute approximate surface area is 164 Å². The molecular weight excluding hydrogens is 382 g/mol. The molecule has 3 aromatic rings. The van der Waals surface area contributed by atoms with Gasteiger partial charge in [0.15, 0.2) is 0 Å². The van der Waals surface area contributed by atoms with Gasteiger partial charge in [0.05, 0.1) is 6.54 Å². The number of para-hydroxylation sites is 1. The molecule has 0 fully saturated rings. The van der Waals surface area contributed by atoms with Gasteiger partial charge in [-0.3, -0.25) is 14.2 Å². The molecule has 0 aliphatic rings. The van der Waals surface area contributed by atoms with Crippen molar-refractivity contribution in [3.63, 3.8) is 0 Å². The second kappa shape index (κ2) is 8.59. The minimum Gasteiger partial charge on any atom is -0.350 e. The fourth-order valence-electron chi connectivity index (χ4n) is 2.70. The Bertz CT molecular complexity index is 1170. The molecular formula is C20H18F2N4O3. The third kappa shape index (κ3) is 4.13. The summed E-state index contributed by atoms with van der Waals surface area (Å²) in [4.78, 5) is 38.1. The van der Waals surface area contributed by atoms with Crippen LogP contribution in [0.15, 0.2) is 58.1 Å². The first kappa shape index (κ1) is 20.1. The van der Waals surface area contributed by atoms with Gasteiger partial charge in [-0.2, -0.15) is 9.78 Å². The van der Waals surface area contributed by atoms with E-state index in [1.54, 1.807) is 6.07 Å². The van der Waals surface area contributed by atoms with Crippen LogP contribution in [0.25, 0.3) is 5.69 Å². The largest absolute Gasteiger partial charge is 0.352 e. The Morgan fingerprint density at radius 2 is 1.69 bits per heavy atom. The summed E-state index contributed by atoms with van der Waals surface area (Å²) in [7, 11) is 0. The van der Waals surface area contributed by atoms with Gasteiger partial charge >= 0.3 is 5.69 Å². The zero-order valence-corrected chi connectivity index (χ0v) is 15.6. The summed E-state index contributed by atoms with van der Waals surface area (Å²) in [5.41, 5.74) is -2.73. The van der Waals surface area contributed by atoms with Crippen molar-refractivity contribution in [2.45, 2.75) is 19.9 Å². The van der Waals surface area contributed by atoms with E-state index < -0.39 is 41.0 Å². The molecule has 7 nitrogen and oxygen atoms in total. The summed E-state index contributed by atoms with van der Waals surface area (Å²) in [6, 6.07) is 10.9. The van der Waals surface area contributed by atoms with Crippen molar-refractivity contribution in [2.24, 2.45) is 0 Å². The van der Waals surface area contributed by atoms with Crippen LogP contribution in [0.4, 0.5) is 8.78 Å². The van der Waals surface area contributed by atoms with Crippen LogP contribution in [-0.2, 0) is 6.54 Å². The quantitative estimate of drug-likeness (QED) is 0.684. The number of nitrogens with zero attached hydrogens (tertiary/aromatic N) is 3. The van der Waals surface area contributed by atoms with E-state index in [-0.39, 0.29) is 17.8 Å². The molecule has 0 saturated heterocycles. The number of carbonyl (C=O) groups excluding carboxylic acids is 1. The molecule has 1 aromatic heterocycles. The molecule has 0 aliphatic heterocycles. The lowest BCUT2D eigenvalue weighted by atomic mass is 10.2. The molecule has 1 amide bonds. The minimum atomic E-state index is -0.990. The highest BCUT2D eigenvalue weighted by Crippen LogP contribution is 2.10. The Hall–Kier alpha value is -3.62. The van der Waals surface area contributed by atoms with Gasteiger partial charge in [0, 0.05) is 12.1 Å². The van der Waals surface area contributed by atoms with Gasteiger partial charge in [0.25, 0.3) is 11.5 Å². The second-order valence-corrected chi connectivity index (χ2v) is 6.23. The smallest absolute Gasteiger partial charge is 0.350 e. The van der Waals surface area contributed by atoms with E-state index in [1.807, 2.05) is 6.92 Å². The standard InChI is InChI=1S/C20H18F2N4O3/c1-2-11-23-18(27)17-19(28)25(12-13-7-3-4-8-14(13)21)20(29)26(24-17)16-10-6-5-9-15(16)22/h3-10H,2,11-12H2,1H3,(H,23,27). The number of benzene rings is 2. The molecule has 0 radical (unpaired) electrons. The van der Waals surface area contributed by atoms with Crippen LogP contribution >= 0.6 is 0 Å². The first-order valence-corrected chi connectivity index (χ1v) is 8.94. The molecule has 1 heterocycles. The van der Waals surface area contributed by atoms with Gasteiger partial charge in [-0.05, 0) is 24.6 Å². The van der Waals surface area contributed by atoms with Crippen LogP contribution in [0, 0.1) is 11.6 Å². The summed E-state index contributed by atoms with van der Waals surface area (Å²) < 4.78 is 29.6. The van der Waals surface area contributed by atoms with E-state index in [4.69, 9.17) is 0 Å². The average molecular weight is 400 g/mol. The lowest BCUT2D eigenvalue weighted by molar-refractivity contribution is 0.0943. The molecule has 0 spiro atoms. The number of hydrogen-bond acceptors (Lipinski definition) is 4. The minimum absolute atomic E-state index is 0.0675. The molecule has 9 heteroatoms. The van der Waals surface area contributed by atoms with Gasteiger partial charge in [0.2, 0.25) is 5.69 Å². The molecule has 150 valence electrons.